The molecule has 0 N–H and O–H groups in total. The van der Waals surface area contributed by atoms with Gasteiger partial charge in [0.05, 0.1) is 23.8 Å². The molecule has 0 radical (unpaired) electrons. The Labute approximate surface area is 128 Å². The lowest BCUT2D eigenvalue weighted by Crippen LogP contribution is -2.07. The summed E-state index contributed by atoms with van der Waals surface area (Å²) in [6.07, 6.45) is 0. The van der Waals surface area contributed by atoms with Crippen LogP contribution >= 0.6 is 0 Å². The monoisotopic (exact) mass is 300 g/mol. The first-order chi connectivity index (χ1) is 10.5. The highest BCUT2D eigenvalue weighted by Crippen LogP contribution is 2.32. The third-order valence-corrected chi connectivity index (χ3v) is 3.01. The SMILES string of the molecule is COc1cc([N+](=O)[O-])ccc1N=Nc1ccc(N(C)C)cc1. The highest BCUT2D eigenvalue weighted by atomic mass is 16.6. The van der Waals surface area contributed by atoms with E-state index in [1.807, 2.05) is 43.3 Å². The maximum absolute atomic E-state index is 10.7. The first-order valence-corrected chi connectivity index (χ1v) is 6.53. The minimum atomic E-state index is -0.483. The highest BCUT2D eigenvalue weighted by molar-refractivity contribution is 5.57. The molecule has 7 nitrogen and oxygen atoms in total. The molecule has 0 saturated carbocycles. The van der Waals surface area contributed by atoms with Crippen LogP contribution in [-0.4, -0.2) is 26.1 Å². The van der Waals surface area contributed by atoms with Gasteiger partial charge >= 0.3 is 0 Å². The third kappa shape index (κ3) is 3.57. The molecule has 0 saturated heterocycles. The van der Waals surface area contributed by atoms with Gasteiger partial charge in [-0.15, -0.1) is 5.11 Å². The zero-order valence-electron chi connectivity index (χ0n) is 12.6. The van der Waals surface area contributed by atoms with Gasteiger partial charge in [-0.2, -0.15) is 5.11 Å². The number of ether oxygens (including phenoxy) is 1. The predicted molar refractivity (Wildman–Crippen MR) is 84.6 cm³/mol. The minimum Gasteiger partial charge on any atom is -0.494 e. The van der Waals surface area contributed by atoms with Crippen molar-refractivity contribution in [3.8, 4) is 5.75 Å². The van der Waals surface area contributed by atoms with Crippen LogP contribution in [0.4, 0.5) is 22.7 Å². The molecule has 0 unspecified atom stereocenters. The van der Waals surface area contributed by atoms with Gasteiger partial charge < -0.3 is 9.64 Å². The van der Waals surface area contributed by atoms with Crippen molar-refractivity contribution in [1.29, 1.82) is 0 Å². The largest absolute Gasteiger partial charge is 0.494 e. The molecule has 0 atom stereocenters. The molecule has 2 aromatic carbocycles. The van der Waals surface area contributed by atoms with Crippen molar-refractivity contribution in [3.63, 3.8) is 0 Å². The Balaban J connectivity index is 2.24. The number of anilines is 1. The van der Waals surface area contributed by atoms with Gasteiger partial charge in [-0.1, -0.05) is 0 Å². The van der Waals surface area contributed by atoms with E-state index in [4.69, 9.17) is 4.74 Å². The number of benzene rings is 2. The molecule has 114 valence electrons. The van der Waals surface area contributed by atoms with E-state index in [1.165, 1.54) is 25.3 Å². The number of hydrogen-bond donors (Lipinski definition) is 0. The van der Waals surface area contributed by atoms with Crippen LogP contribution in [0.5, 0.6) is 5.75 Å². The van der Waals surface area contributed by atoms with Crippen LogP contribution in [0.25, 0.3) is 0 Å². The van der Waals surface area contributed by atoms with E-state index >= 15 is 0 Å². The van der Waals surface area contributed by atoms with Crippen LogP contribution in [0.2, 0.25) is 0 Å². The van der Waals surface area contributed by atoms with Gasteiger partial charge in [-0.05, 0) is 30.3 Å². The molecule has 22 heavy (non-hydrogen) atoms. The Bertz CT molecular complexity index is 696. The fourth-order valence-corrected chi connectivity index (χ4v) is 1.79. The molecular weight excluding hydrogens is 284 g/mol. The van der Waals surface area contributed by atoms with Crippen molar-refractivity contribution in [2.45, 2.75) is 0 Å². The van der Waals surface area contributed by atoms with E-state index in [-0.39, 0.29) is 5.69 Å². The Morgan fingerprint density at radius 3 is 2.32 bits per heavy atom. The summed E-state index contributed by atoms with van der Waals surface area (Å²) in [7, 11) is 5.35. The highest BCUT2D eigenvalue weighted by Gasteiger charge is 2.10. The molecule has 0 aliphatic rings. The van der Waals surface area contributed by atoms with Crippen LogP contribution in [0.1, 0.15) is 0 Å². The molecule has 2 aromatic rings. The molecule has 0 aromatic heterocycles. The van der Waals surface area contributed by atoms with Gasteiger partial charge in [0.2, 0.25) is 0 Å². The zero-order valence-corrected chi connectivity index (χ0v) is 12.6. The van der Waals surface area contributed by atoms with Crippen LogP contribution in [0, 0.1) is 10.1 Å². The van der Waals surface area contributed by atoms with E-state index in [9.17, 15) is 10.1 Å². The van der Waals surface area contributed by atoms with Crippen LogP contribution in [-0.2, 0) is 0 Å². The van der Waals surface area contributed by atoms with E-state index < -0.39 is 4.92 Å². The molecule has 0 aliphatic heterocycles. The second kappa shape index (κ2) is 6.66. The van der Waals surface area contributed by atoms with E-state index in [0.717, 1.165) is 5.69 Å². The lowest BCUT2D eigenvalue weighted by molar-refractivity contribution is -0.384. The van der Waals surface area contributed by atoms with Crippen molar-refractivity contribution in [1.82, 2.24) is 0 Å². The second-order valence-electron chi connectivity index (χ2n) is 4.72. The number of non-ortho nitro benzene ring substituents is 1. The second-order valence-corrected chi connectivity index (χ2v) is 4.72. The maximum Gasteiger partial charge on any atom is 0.273 e. The average Bonchev–Trinajstić information content (AvgIpc) is 2.52. The Morgan fingerprint density at radius 2 is 1.77 bits per heavy atom. The summed E-state index contributed by atoms with van der Waals surface area (Å²) in [4.78, 5) is 12.2. The molecule has 0 heterocycles. The molecule has 0 spiro atoms. The predicted octanol–water partition coefficient (Wildman–Crippen LogP) is 4.08. The number of methoxy groups -OCH3 is 1. The molecule has 0 fully saturated rings. The summed E-state index contributed by atoms with van der Waals surface area (Å²) in [5, 5.41) is 18.9. The quantitative estimate of drug-likeness (QED) is 0.473. The summed E-state index contributed by atoms with van der Waals surface area (Å²) < 4.78 is 5.11. The molecule has 0 bridgehead atoms. The molecule has 0 amide bonds. The topological polar surface area (TPSA) is 80.3 Å². The van der Waals surface area contributed by atoms with Crippen LogP contribution < -0.4 is 9.64 Å². The number of nitro groups is 1. The van der Waals surface area contributed by atoms with Gasteiger partial charge in [-0.25, -0.2) is 0 Å². The lowest BCUT2D eigenvalue weighted by Gasteiger charge is -2.11. The van der Waals surface area contributed by atoms with Crippen molar-refractivity contribution in [2.75, 3.05) is 26.1 Å². The van der Waals surface area contributed by atoms with Gasteiger partial charge in [-0.3, -0.25) is 10.1 Å². The number of azo groups is 1. The summed E-state index contributed by atoms with van der Waals surface area (Å²) >= 11 is 0. The first kappa shape index (κ1) is 15.4. The number of rotatable bonds is 5. The zero-order chi connectivity index (χ0) is 16.1. The Morgan fingerprint density at radius 1 is 1.09 bits per heavy atom. The third-order valence-electron chi connectivity index (χ3n) is 3.01. The van der Waals surface area contributed by atoms with E-state index in [2.05, 4.69) is 10.2 Å². The summed E-state index contributed by atoms with van der Waals surface area (Å²) in [6, 6.07) is 11.8. The van der Waals surface area contributed by atoms with Crippen molar-refractivity contribution >= 4 is 22.7 Å². The van der Waals surface area contributed by atoms with Gasteiger partial charge in [0.15, 0.2) is 5.75 Å². The fourth-order valence-electron chi connectivity index (χ4n) is 1.79. The standard InChI is InChI=1S/C15H16N4O3/c1-18(2)12-6-4-11(5-7-12)16-17-14-9-8-13(19(20)21)10-15(14)22-3/h4-10H,1-3H3. The number of hydrogen-bond acceptors (Lipinski definition) is 6. The maximum atomic E-state index is 10.7. The van der Waals surface area contributed by atoms with E-state index in [1.54, 1.807) is 0 Å². The first-order valence-electron chi connectivity index (χ1n) is 6.53. The summed E-state index contributed by atoms with van der Waals surface area (Å²) in [5.74, 6) is 0.308. The number of nitrogens with zero attached hydrogens (tertiary/aromatic N) is 4. The molecule has 2 rings (SSSR count). The fraction of sp³-hybridized carbons (Fsp3) is 0.200. The van der Waals surface area contributed by atoms with Crippen LogP contribution in [0.3, 0.4) is 0 Å². The van der Waals surface area contributed by atoms with Crippen LogP contribution in [0.15, 0.2) is 52.7 Å². The van der Waals surface area contributed by atoms with Gasteiger partial charge in [0.25, 0.3) is 5.69 Å². The lowest BCUT2D eigenvalue weighted by atomic mass is 10.2. The Hall–Kier alpha value is -2.96. The van der Waals surface area contributed by atoms with Crippen molar-refractivity contribution < 1.29 is 9.66 Å². The van der Waals surface area contributed by atoms with E-state index in [0.29, 0.717) is 17.1 Å². The van der Waals surface area contributed by atoms with Gasteiger partial charge in [0, 0.05) is 25.8 Å². The van der Waals surface area contributed by atoms with Crippen molar-refractivity contribution in [2.24, 2.45) is 10.2 Å². The minimum absolute atomic E-state index is 0.0499. The van der Waals surface area contributed by atoms with Gasteiger partial charge in [0.1, 0.15) is 5.69 Å². The normalized spacial score (nSPS) is 10.7. The smallest absolute Gasteiger partial charge is 0.273 e. The molecular formula is C15H16N4O3. The Kier molecular flexibility index (Phi) is 4.67. The summed E-state index contributed by atoms with van der Waals surface area (Å²) in [6.45, 7) is 0. The average molecular weight is 300 g/mol. The number of nitro benzene ring substituents is 1. The molecule has 0 aliphatic carbocycles. The van der Waals surface area contributed by atoms with Crippen molar-refractivity contribution in [3.05, 3.63) is 52.6 Å². The molecule has 7 heteroatoms. The summed E-state index contributed by atoms with van der Waals surface area (Å²) in [5.41, 5.74) is 2.13.